The number of urea groups is 1. The number of carbonyl (C=O) groups is 3. The summed E-state index contributed by atoms with van der Waals surface area (Å²) in [4.78, 5) is 39.2. The Kier molecular flexibility index (Phi) is 5.00. The summed E-state index contributed by atoms with van der Waals surface area (Å²) in [5.74, 6) is -0.787. The normalized spacial score (nSPS) is 17.1. The average molecular weight is 380 g/mol. The highest BCUT2D eigenvalue weighted by molar-refractivity contribution is 7.11. The van der Waals surface area contributed by atoms with Crippen molar-refractivity contribution in [1.82, 2.24) is 14.6 Å². The third-order valence-corrected chi connectivity index (χ3v) is 5.54. The molecule has 1 unspecified atom stereocenters. The van der Waals surface area contributed by atoms with E-state index in [1.807, 2.05) is 17.5 Å². The summed E-state index contributed by atoms with van der Waals surface area (Å²) < 4.78 is 8.84. The lowest BCUT2D eigenvalue weighted by atomic mass is 10.1. The summed E-state index contributed by atoms with van der Waals surface area (Å²) in [5.41, 5.74) is 0.716. The maximum absolute atomic E-state index is 12.8. The van der Waals surface area contributed by atoms with E-state index in [-0.39, 0.29) is 11.5 Å². The van der Waals surface area contributed by atoms with Crippen molar-refractivity contribution in [2.45, 2.75) is 13.0 Å². The number of methoxy groups -OCH3 is 1. The number of amides is 3. The van der Waals surface area contributed by atoms with Gasteiger partial charge in [0.25, 0.3) is 0 Å². The molecule has 1 atom stereocenters. The van der Waals surface area contributed by atoms with E-state index in [4.69, 9.17) is 4.74 Å². The van der Waals surface area contributed by atoms with E-state index in [9.17, 15) is 14.4 Å². The minimum atomic E-state index is -0.690. The molecular formula is C15H16N4O4S2. The van der Waals surface area contributed by atoms with Crippen molar-refractivity contribution in [2.75, 3.05) is 25.5 Å². The summed E-state index contributed by atoms with van der Waals surface area (Å²) in [5, 5.41) is 7.64. The number of rotatable bonds is 3. The Hall–Kier alpha value is -2.46. The molecule has 0 aromatic carbocycles. The van der Waals surface area contributed by atoms with Crippen molar-refractivity contribution in [1.29, 1.82) is 0 Å². The van der Waals surface area contributed by atoms with E-state index in [0.29, 0.717) is 23.8 Å². The summed E-state index contributed by atoms with van der Waals surface area (Å²) >= 11 is 2.41. The second-order valence-corrected chi connectivity index (χ2v) is 7.05. The Labute approximate surface area is 152 Å². The predicted octanol–water partition coefficient (Wildman–Crippen LogP) is 2.00. The van der Waals surface area contributed by atoms with Gasteiger partial charge in [0.1, 0.15) is 16.6 Å². The van der Waals surface area contributed by atoms with Crippen LogP contribution in [0.25, 0.3) is 0 Å². The monoisotopic (exact) mass is 380 g/mol. The average Bonchev–Trinajstić information content (AvgIpc) is 3.24. The first-order valence-corrected chi connectivity index (χ1v) is 9.11. The van der Waals surface area contributed by atoms with Crippen LogP contribution in [0.3, 0.4) is 0 Å². The second-order valence-electron chi connectivity index (χ2n) is 5.30. The zero-order valence-electron chi connectivity index (χ0n) is 13.6. The van der Waals surface area contributed by atoms with Gasteiger partial charge in [0, 0.05) is 18.0 Å². The van der Waals surface area contributed by atoms with Crippen LogP contribution >= 0.6 is 22.9 Å². The van der Waals surface area contributed by atoms with Gasteiger partial charge in [-0.05, 0) is 29.9 Å². The highest BCUT2D eigenvalue weighted by atomic mass is 32.1. The Bertz CT molecular complexity index is 803. The van der Waals surface area contributed by atoms with Crippen LogP contribution in [0.2, 0.25) is 0 Å². The van der Waals surface area contributed by atoms with Crippen LogP contribution in [0, 0.1) is 6.92 Å². The molecule has 3 amide bonds. The van der Waals surface area contributed by atoms with Gasteiger partial charge in [0.2, 0.25) is 5.91 Å². The number of hydrogen-bond acceptors (Lipinski definition) is 7. The van der Waals surface area contributed by atoms with Gasteiger partial charge in [-0.15, -0.1) is 11.3 Å². The van der Waals surface area contributed by atoms with Crippen LogP contribution in [0.15, 0.2) is 17.5 Å². The molecule has 2 N–H and O–H groups in total. The Morgan fingerprint density at radius 1 is 1.48 bits per heavy atom. The molecule has 3 rings (SSSR count). The van der Waals surface area contributed by atoms with Crippen molar-refractivity contribution < 1.29 is 19.1 Å². The fourth-order valence-electron chi connectivity index (χ4n) is 2.58. The number of carbonyl (C=O) groups excluding carboxylic acids is 3. The number of ether oxygens (including phenoxy) is 1. The first kappa shape index (κ1) is 17.4. The molecule has 0 spiro atoms. The molecule has 1 aliphatic rings. The van der Waals surface area contributed by atoms with Crippen LogP contribution in [0.1, 0.15) is 27.0 Å². The Morgan fingerprint density at radius 3 is 2.96 bits per heavy atom. The lowest BCUT2D eigenvalue weighted by molar-refractivity contribution is -0.127. The molecule has 0 radical (unpaired) electrons. The van der Waals surface area contributed by atoms with E-state index in [1.165, 1.54) is 23.3 Å². The molecular weight excluding hydrogens is 364 g/mol. The fourth-order valence-corrected chi connectivity index (χ4v) is 4.19. The minimum absolute atomic E-state index is 0.225. The molecule has 10 heteroatoms. The number of piperazine rings is 1. The molecule has 0 saturated carbocycles. The standard InChI is InChI=1S/C15H16N4O4S2/c1-8-10(14(21)23-2)13(25-18-8)17-15(22)19-6-5-16-12(20)11(19)9-4-3-7-24-9/h3-4,7,11H,5-6H2,1-2H3,(H,16,20)(H,17,22). The number of aryl methyl sites for hydroxylation is 1. The van der Waals surface area contributed by atoms with Crippen LogP contribution in [0.4, 0.5) is 9.80 Å². The predicted molar refractivity (Wildman–Crippen MR) is 94.0 cm³/mol. The van der Waals surface area contributed by atoms with E-state index >= 15 is 0 Å². The second kappa shape index (κ2) is 7.19. The first-order valence-electron chi connectivity index (χ1n) is 7.46. The molecule has 25 heavy (non-hydrogen) atoms. The molecule has 0 bridgehead atoms. The highest BCUT2D eigenvalue weighted by Crippen LogP contribution is 2.30. The lowest BCUT2D eigenvalue weighted by Crippen LogP contribution is -2.53. The number of nitrogens with one attached hydrogen (secondary N) is 2. The van der Waals surface area contributed by atoms with E-state index in [2.05, 4.69) is 15.0 Å². The maximum atomic E-state index is 12.8. The fraction of sp³-hybridized carbons (Fsp3) is 0.333. The molecule has 1 aliphatic heterocycles. The van der Waals surface area contributed by atoms with Gasteiger partial charge in [-0.25, -0.2) is 9.59 Å². The van der Waals surface area contributed by atoms with Crippen molar-refractivity contribution in [3.8, 4) is 0 Å². The van der Waals surface area contributed by atoms with Gasteiger partial charge in [-0.3, -0.25) is 10.1 Å². The molecule has 2 aromatic rings. The number of thiophene rings is 1. The van der Waals surface area contributed by atoms with E-state index in [1.54, 1.807) is 6.92 Å². The number of aromatic nitrogens is 1. The molecule has 3 heterocycles. The number of nitrogens with zero attached hydrogens (tertiary/aromatic N) is 2. The summed E-state index contributed by atoms with van der Waals surface area (Å²) in [7, 11) is 1.27. The van der Waals surface area contributed by atoms with Gasteiger partial charge in [-0.1, -0.05) is 6.07 Å². The van der Waals surface area contributed by atoms with Crippen LogP contribution in [-0.2, 0) is 9.53 Å². The lowest BCUT2D eigenvalue weighted by Gasteiger charge is -2.34. The van der Waals surface area contributed by atoms with Crippen molar-refractivity contribution in [3.63, 3.8) is 0 Å². The van der Waals surface area contributed by atoms with Crippen LogP contribution < -0.4 is 10.6 Å². The van der Waals surface area contributed by atoms with Crippen LogP contribution in [0.5, 0.6) is 0 Å². The topological polar surface area (TPSA) is 101 Å². The molecule has 1 saturated heterocycles. The maximum Gasteiger partial charge on any atom is 0.342 e. The third-order valence-electron chi connectivity index (χ3n) is 3.76. The van der Waals surface area contributed by atoms with Crippen LogP contribution in [-0.4, -0.2) is 47.4 Å². The minimum Gasteiger partial charge on any atom is -0.465 e. The zero-order chi connectivity index (χ0) is 18.0. The Morgan fingerprint density at radius 2 is 2.28 bits per heavy atom. The number of anilines is 1. The highest BCUT2D eigenvalue weighted by Gasteiger charge is 2.35. The smallest absolute Gasteiger partial charge is 0.342 e. The number of esters is 1. The molecule has 8 nitrogen and oxygen atoms in total. The quantitative estimate of drug-likeness (QED) is 0.794. The summed E-state index contributed by atoms with van der Waals surface area (Å²) in [6.45, 7) is 2.41. The molecule has 132 valence electrons. The SMILES string of the molecule is COC(=O)c1c(C)nsc1NC(=O)N1CCNC(=O)C1c1cccs1. The van der Waals surface area contributed by atoms with E-state index < -0.39 is 18.0 Å². The molecule has 2 aromatic heterocycles. The van der Waals surface area contributed by atoms with Crippen molar-refractivity contribution >= 4 is 45.8 Å². The molecule has 0 aliphatic carbocycles. The van der Waals surface area contributed by atoms with Gasteiger partial charge in [0.15, 0.2) is 0 Å². The number of hydrogen-bond donors (Lipinski definition) is 2. The van der Waals surface area contributed by atoms with Gasteiger partial charge >= 0.3 is 12.0 Å². The van der Waals surface area contributed by atoms with Gasteiger partial charge in [-0.2, -0.15) is 4.37 Å². The zero-order valence-corrected chi connectivity index (χ0v) is 15.2. The van der Waals surface area contributed by atoms with Crippen molar-refractivity contribution in [3.05, 3.63) is 33.6 Å². The summed E-state index contributed by atoms with van der Waals surface area (Å²) in [6.07, 6.45) is 0. The van der Waals surface area contributed by atoms with E-state index in [0.717, 1.165) is 16.4 Å². The molecule has 1 fully saturated rings. The summed E-state index contributed by atoms with van der Waals surface area (Å²) in [6, 6.07) is 2.50. The first-order chi connectivity index (χ1) is 12.0. The van der Waals surface area contributed by atoms with Gasteiger partial charge < -0.3 is 15.0 Å². The Balaban J connectivity index is 1.85. The van der Waals surface area contributed by atoms with Crippen molar-refractivity contribution in [2.24, 2.45) is 0 Å². The van der Waals surface area contributed by atoms with Gasteiger partial charge in [0.05, 0.1) is 12.8 Å². The third kappa shape index (κ3) is 3.35. The largest absolute Gasteiger partial charge is 0.465 e.